The van der Waals surface area contributed by atoms with Gasteiger partial charge in [0.1, 0.15) is 13.2 Å². The number of likely N-dealkylation sites (N-methyl/N-ethyl adjacent to an activating group) is 1. The molecule has 0 heterocycles. The standard InChI is InChI=1S/C85H149N2O6P/c1-6-8-10-12-14-16-18-20-22-24-26-28-30-32-34-36-38-39-40-41-42-43-44-45-46-47-49-51-53-55-57-59-61-63-65-67-69-71-73-75-77-79-85(89)86-83(82-93-94(90,91)92-81-80-87(3,4)5)84(88)78-76-74-72-70-68-66-64-62-60-58-56-54-52-50-48-37-35-33-31-29-27-25-23-21-19-17-15-13-11-9-7-2/h8,10,14,16,20,22,26,28,32,34,38-39,41-42,44-45,47,49,53,55,68,70,76,78,83-84,88H,6-7,9,11-13,15,17-19,21,23-25,27,29-31,33,35-37,40,43,46,48,50-52,54,56-67,69,71-75,77,79-82H2,1-5H3,(H-,86,89,90,91)/b10-8-,16-14-,22-20-,28-26-,34-32-,39-38-,42-41-,45-44-,49-47-,55-53-,70-68+,78-76+. The second-order valence-corrected chi connectivity index (χ2v) is 28.7. The number of amides is 1. The number of phosphoric acid groups is 1. The zero-order chi connectivity index (χ0) is 68.3. The number of hydrogen-bond donors (Lipinski definition) is 2. The fourth-order valence-corrected chi connectivity index (χ4v) is 11.7. The summed E-state index contributed by atoms with van der Waals surface area (Å²) in [5, 5.41) is 14.0. The number of aliphatic hydroxyl groups excluding tert-OH is 1. The molecule has 0 saturated heterocycles. The lowest BCUT2D eigenvalue weighted by molar-refractivity contribution is -0.870. The molecule has 0 rings (SSSR count). The SMILES string of the molecule is CC/C=C\C/C=C\C/C=C\C/C=C\C/C=C\C/C=C\C/C=C\C/C=C\C/C=C\C/C=C\CCCCCCCCCCCCC(=O)NC(COP(=O)([O-])OCC[N+](C)(C)C)C(O)/C=C/CC/C=C/CCCCCCCCCCCCCCCCCCCCCCCCCCC. The van der Waals surface area contributed by atoms with Crippen molar-refractivity contribution in [1.82, 2.24) is 5.32 Å². The van der Waals surface area contributed by atoms with Crippen molar-refractivity contribution in [1.29, 1.82) is 0 Å². The second-order valence-electron chi connectivity index (χ2n) is 27.3. The van der Waals surface area contributed by atoms with Gasteiger partial charge in [-0.3, -0.25) is 9.36 Å². The lowest BCUT2D eigenvalue weighted by Crippen LogP contribution is -2.45. The first-order chi connectivity index (χ1) is 46.0. The van der Waals surface area contributed by atoms with E-state index in [0.29, 0.717) is 17.4 Å². The molecule has 94 heavy (non-hydrogen) atoms. The molecule has 8 nitrogen and oxygen atoms in total. The molecule has 0 aliphatic rings. The van der Waals surface area contributed by atoms with E-state index in [1.54, 1.807) is 6.08 Å². The number of carbonyl (C=O) groups excluding carboxylic acids is 1. The fourth-order valence-electron chi connectivity index (χ4n) is 11.0. The number of hydrogen-bond acceptors (Lipinski definition) is 6. The van der Waals surface area contributed by atoms with Gasteiger partial charge in [-0.05, 0) is 109 Å². The highest BCUT2D eigenvalue weighted by Gasteiger charge is 2.23. The van der Waals surface area contributed by atoms with Crippen LogP contribution in [-0.2, 0) is 18.4 Å². The molecule has 0 aliphatic heterocycles. The number of nitrogens with zero attached hydrogens (tertiary/aromatic N) is 1. The van der Waals surface area contributed by atoms with Crippen LogP contribution in [0.15, 0.2) is 146 Å². The van der Waals surface area contributed by atoms with Gasteiger partial charge in [0.15, 0.2) is 0 Å². The Labute approximate surface area is 582 Å². The van der Waals surface area contributed by atoms with Crippen LogP contribution in [0.2, 0.25) is 0 Å². The Morgan fingerprint density at radius 2 is 0.660 bits per heavy atom. The third-order valence-electron chi connectivity index (χ3n) is 17.0. The number of unbranched alkanes of at least 4 members (excludes halogenated alkanes) is 36. The minimum atomic E-state index is -4.63. The average molecular weight is 1330 g/mol. The molecule has 0 aliphatic carbocycles. The summed E-state index contributed by atoms with van der Waals surface area (Å²) in [5.41, 5.74) is 0. The summed E-state index contributed by atoms with van der Waals surface area (Å²) >= 11 is 0. The number of carbonyl (C=O) groups is 1. The number of aliphatic hydroxyl groups is 1. The van der Waals surface area contributed by atoms with Crippen molar-refractivity contribution in [3.8, 4) is 0 Å². The maximum absolute atomic E-state index is 13.1. The number of phosphoric ester groups is 1. The van der Waals surface area contributed by atoms with E-state index in [-0.39, 0.29) is 12.5 Å². The van der Waals surface area contributed by atoms with Gasteiger partial charge >= 0.3 is 0 Å². The van der Waals surface area contributed by atoms with E-state index >= 15 is 0 Å². The van der Waals surface area contributed by atoms with E-state index in [1.807, 2.05) is 27.2 Å². The summed E-state index contributed by atoms with van der Waals surface area (Å²) in [6, 6.07) is -0.918. The van der Waals surface area contributed by atoms with E-state index < -0.39 is 26.6 Å². The lowest BCUT2D eigenvalue weighted by Gasteiger charge is -2.29. The topological polar surface area (TPSA) is 108 Å². The van der Waals surface area contributed by atoms with Crippen LogP contribution in [0.25, 0.3) is 0 Å². The first-order valence-electron chi connectivity index (χ1n) is 39.2. The predicted octanol–water partition coefficient (Wildman–Crippen LogP) is 25.3. The Kier molecular flexibility index (Phi) is 70.8. The molecular weight excluding hydrogens is 1180 g/mol. The lowest BCUT2D eigenvalue weighted by atomic mass is 10.0. The number of quaternary nitrogens is 1. The highest BCUT2D eigenvalue weighted by molar-refractivity contribution is 7.45. The molecule has 3 unspecified atom stereocenters. The Hall–Kier alpha value is -3.62. The summed E-state index contributed by atoms with van der Waals surface area (Å²) < 4.78 is 23.5. The van der Waals surface area contributed by atoms with Crippen LogP contribution in [0.1, 0.15) is 335 Å². The number of rotatable bonds is 71. The molecule has 3 atom stereocenters. The molecular formula is C85H149N2O6P. The first-order valence-corrected chi connectivity index (χ1v) is 40.7. The van der Waals surface area contributed by atoms with E-state index in [1.165, 1.54) is 199 Å². The van der Waals surface area contributed by atoms with Gasteiger partial charge in [0, 0.05) is 6.42 Å². The van der Waals surface area contributed by atoms with Crippen molar-refractivity contribution in [2.45, 2.75) is 347 Å². The van der Waals surface area contributed by atoms with Crippen molar-refractivity contribution in [3.05, 3.63) is 146 Å². The summed E-state index contributed by atoms with van der Waals surface area (Å²) in [4.78, 5) is 25.7. The summed E-state index contributed by atoms with van der Waals surface area (Å²) in [6.07, 6.45) is 113. The molecule has 0 aromatic rings. The van der Waals surface area contributed by atoms with E-state index in [0.717, 1.165) is 116 Å². The van der Waals surface area contributed by atoms with E-state index in [9.17, 15) is 19.4 Å². The zero-order valence-electron chi connectivity index (χ0n) is 61.9. The Morgan fingerprint density at radius 1 is 0.383 bits per heavy atom. The summed E-state index contributed by atoms with van der Waals surface area (Å²) in [7, 11) is 1.23. The monoisotopic (exact) mass is 1330 g/mol. The largest absolute Gasteiger partial charge is 0.756 e. The van der Waals surface area contributed by atoms with Crippen LogP contribution in [0.3, 0.4) is 0 Å². The zero-order valence-corrected chi connectivity index (χ0v) is 62.8. The minimum Gasteiger partial charge on any atom is -0.756 e. The van der Waals surface area contributed by atoms with Gasteiger partial charge in [0.05, 0.1) is 39.9 Å². The van der Waals surface area contributed by atoms with Gasteiger partial charge in [0.25, 0.3) is 7.82 Å². The van der Waals surface area contributed by atoms with Crippen LogP contribution >= 0.6 is 7.82 Å². The van der Waals surface area contributed by atoms with Crippen LogP contribution in [0.4, 0.5) is 0 Å². The second kappa shape index (κ2) is 73.6. The van der Waals surface area contributed by atoms with Gasteiger partial charge in [-0.2, -0.15) is 0 Å². The highest BCUT2D eigenvalue weighted by atomic mass is 31.2. The van der Waals surface area contributed by atoms with Crippen molar-refractivity contribution >= 4 is 13.7 Å². The number of nitrogens with one attached hydrogen (secondary N) is 1. The van der Waals surface area contributed by atoms with Crippen molar-refractivity contribution in [3.63, 3.8) is 0 Å². The molecule has 1 amide bonds. The maximum Gasteiger partial charge on any atom is 0.268 e. The van der Waals surface area contributed by atoms with Crippen molar-refractivity contribution in [2.24, 2.45) is 0 Å². The fraction of sp³-hybridized carbons (Fsp3) is 0.706. The quantitative estimate of drug-likeness (QED) is 0.0272. The summed E-state index contributed by atoms with van der Waals surface area (Å²) in [5.74, 6) is -0.214. The van der Waals surface area contributed by atoms with Gasteiger partial charge in [-0.1, -0.05) is 365 Å². The Morgan fingerprint density at radius 3 is 0.989 bits per heavy atom. The van der Waals surface area contributed by atoms with Gasteiger partial charge < -0.3 is 28.8 Å². The highest BCUT2D eigenvalue weighted by Crippen LogP contribution is 2.38. The molecule has 0 spiro atoms. The number of allylic oxidation sites excluding steroid dienone is 23. The molecule has 0 bridgehead atoms. The van der Waals surface area contributed by atoms with Crippen LogP contribution in [0.5, 0.6) is 0 Å². The third kappa shape index (κ3) is 75.8. The average Bonchev–Trinajstić information content (AvgIpc) is 1.77. The molecule has 9 heteroatoms. The van der Waals surface area contributed by atoms with Crippen LogP contribution < -0.4 is 10.2 Å². The molecule has 0 fully saturated rings. The molecule has 0 radical (unpaired) electrons. The molecule has 2 N–H and O–H groups in total. The molecule has 0 aromatic heterocycles. The van der Waals surface area contributed by atoms with E-state index in [2.05, 4.69) is 153 Å². The molecule has 0 aromatic carbocycles. The minimum absolute atomic E-state index is 0.0132. The maximum atomic E-state index is 13.1. The van der Waals surface area contributed by atoms with Gasteiger partial charge in [-0.15, -0.1) is 0 Å². The van der Waals surface area contributed by atoms with Gasteiger partial charge in [-0.25, -0.2) is 0 Å². The Balaban J connectivity index is 4.11. The molecule has 0 saturated carbocycles. The summed E-state index contributed by atoms with van der Waals surface area (Å²) in [6.45, 7) is 4.53. The first kappa shape index (κ1) is 90.4. The van der Waals surface area contributed by atoms with Crippen molar-refractivity contribution in [2.75, 3.05) is 40.9 Å². The smallest absolute Gasteiger partial charge is 0.268 e. The predicted molar refractivity (Wildman–Crippen MR) is 412 cm³/mol. The van der Waals surface area contributed by atoms with Gasteiger partial charge in [0.2, 0.25) is 5.91 Å². The van der Waals surface area contributed by atoms with Crippen molar-refractivity contribution < 1.29 is 32.9 Å². The van der Waals surface area contributed by atoms with E-state index in [4.69, 9.17) is 9.05 Å². The molecule has 540 valence electrons. The normalized spacial score (nSPS) is 14.3. The Bertz CT molecular complexity index is 2050. The third-order valence-corrected chi connectivity index (χ3v) is 18.0. The van der Waals surface area contributed by atoms with Crippen LogP contribution in [0, 0.1) is 0 Å². The van der Waals surface area contributed by atoms with Crippen LogP contribution in [-0.4, -0.2) is 68.5 Å².